The molecule has 0 unspecified atom stereocenters. The van der Waals surface area contributed by atoms with Gasteiger partial charge in [-0.2, -0.15) is 10.2 Å². The molecule has 0 radical (unpaired) electrons. The maximum Gasteiger partial charge on any atom is 0.244 e. The number of rotatable bonds is 15. The lowest BCUT2D eigenvalue weighted by Crippen LogP contribution is -2.45. The first-order valence-electron chi connectivity index (χ1n) is 12.0. The van der Waals surface area contributed by atoms with Gasteiger partial charge in [-0.3, -0.25) is 9.59 Å². The molecule has 0 aliphatic heterocycles. The highest BCUT2D eigenvalue weighted by Gasteiger charge is 2.28. The first-order chi connectivity index (χ1) is 18.3. The minimum atomic E-state index is -1.84. The Balaban J connectivity index is 2.04. The van der Waals surface area contributed by atoms with E-state index in [2.05, 4.69) is 21.1 Å². The molecule has 0 heterocycles. The lowest BCUT2D eigenvalue weighted by molar-refractivity contribution is -0.121. The average molecular weight is 531 g/mol. The van der Waals surface area contributed by atoms with Gasteiger partial charge in [-0.1, -0.05) is 24.3 Å². The van der Waals surface area contributed by atoms with E-state index in [1.807, 2.05) is 13.8 Å². The number of ether oxygens (including phenoxy) is 2. The van der Waals surface area contributed by atoms with Crippen LogP contribution in [0.5, 0.6) is 11.5 Å². The Morgan fingerprint density at radius 1 is 0.842 bits per heavy atom. The fraction of sp³-hybridized carbons (Fsp3) is 0.385. The molecule has 0 aliphatic rings. The zero-order valence-electron chi connectivity index (χ0n) is 21.3. The maximum absolute atomic E-state index is 12.4. The molecule has 206 valence electrons. The minimum Gasteiger partial charge on any atom is -0.494 e. The number of benzene rings is 2. The Morgan fingerprint density at radius 2 is 1.32 bits per heavy atom. The molecule has 0 aliphatic carbocycles. The van der Waals surface area contributed by atoms with Gasteiger partial charge >= 0.3 is 0 Å². The van der Waals surface area contributed by atoms with Crippen molar-refractivity contribution in [1.82, 2.24) is 10.9 Å². The number of nitrogens with zero attached hydrogens (tertiary/aromatic N) is 2. The van der Waals surface area contributed by atoms with Crippen molar-refractivity contribution in [3.63, 3.8) is 0 Å². The first kappa shape index (κ1) is 30.4. The molecule has 0 bridgehead atoms. The van der Waals surface area contributed by atoms with E-state index in [1.165, 1.54) is 0 Å². The van der Waals surface area contributed by atoms with Crippen molar-refractivity contribution in [3.05, 3.63) is 59.7 Å². The lowest BCUT2D eigenvalue weighted by Gasteiger charge is -2.21. The third-order valence-electron chi connectivity index (χ3n) is 5.10. The second kappa shape index (κ2) is 16.1. The summed E-state index contributed by atoms with van der Waals surface area (Å²) in [5.74, 6) is 0.328. The number of carbonyl (C=O) groups is 2. The van der Waals surface area contributed by atoms with Crippen LogP contribution in [-0.2, 0) is 22.4 Å². The van der Waals surface area contributed by atoms with E-state index in [0.717, 1.165) is 6.21 Å². The third-order valence-corrected chi connectivity index (χ3v) is 5.10. The third kappa shape index (κ3) is 10.3. The van der Waals surface area contributed by atoms with Crippen LogP contribution >= 0.6 is 0 Å². The predicted molar refractivity (Wildman–Crippen MR) is 140 cm³/mol. The molecule has 0 spiro atoms. The van der Waals surface area contributed by atoms with Crippen molar-refractivity contribution >= 4 is 23.7 Å². The molecule has 2 amide bonds. The molecule has 2 rings (SSSR count). The number of hydrogen-bond acceptors (Lipinski definition) is 10. The molecule has 0 fully saturated rings. The summed E-state index contributed by atoms with van der Waals surface area (Å²) >= 11 is 0. The van der Waals surface area contributed by atoms with Crippen molar-refractivity contribution in [3.8, 4) is 11.5 Å². The van der Waals surface area contributed by atoms with Crippen LogP contribution in [0, 0.1) is 0 Å². The molecule has 2 aromatic rings. The second-order valence-electron chi connectivity index (χ2n) is 8.06. The van der Waals surface area contributed by atoms with Crippen molar-refractivity contribution in [1.29, 1.82) is 0 Å². The predicted octanol–water partition coefficient (Wildman–Crippen LogP) is -0.0816. The van der Waals surface area contributed by atoms with Crippen LogP contribution in [-0.4, -0.2) is 82.3 Å². The molecule has 0 saturated heterocycles. The van der Waals surface area contributed by atoms with Crippen LogP contribution in [0.3, 0.4) is 0 Å². The molecular weight excluding hydrogens is 496 g/mol. The number of carbonyl (C=O) groups excluding carboxylic acids is 2. The summed E-state index contributed by atoms with van der Waals surface area (Å²) in [5, 5.41) is 46.7. The van der Waals surface area contributed by atoms with Crippen LogP contribution in [0.15, 0.2) is 58.7 Å². The summed E-state index contributed by atoms with van der Waals surface area (Å²) in [4.78, 5) is 24.6. The Labute approximate surface area is 220 Å². The van der Waals surface area contributed by atoms with Gasteiger partial charge in [0, 0.05) is 0 Å². The zero-order chi connectivity index (χ0) is 27.9. The van der Waals surface area contributed by atoms with E-state index in [4.69, 9.17) is 14.6 Å². The average Bonchev–Trinajstić information content (AvgIpc) is 2.91. The largest absolute Gasteiger partial charge is 0.494 e. The van der Waals surface area contributed by atoms with E-state index in [1.54, 1.807) is 48.5 Å². The smallest absolute Gasteiger partial charge is 0.244 e. The molecule has 38 heavy (non-hydrogen) atoms. The highest BCUT2D eigenvalue weighted by Crippen LogP contribution is 2.13. The molecule has 12 nitrogen and oxygen atoms in total. The van der Waals surface area contributed by atoms with E-state index in [0.29, 0.717) is 35.8 Å². The Morgan fingerprint density at radius 3 is 1.76 bits per heavy atom. The summed E-state index contributed by atoms with van der Waals surface area (Å²) in [5.41, 5.74) is 5.53. The summed E-state index contributed by atoms with van der Waals surface area (Å²) in [6.45, 7) is 3.94. The number of hydrogen-bond donors (Lipinski definition) is 6. The van der Waals surface area contributed by atoms with Gasteiger partial charge in [0.15, 0.2) is 0 Å². The van der Waals surface area contributed by atoms with Crippen molar-refractivity contribution in [2.75, 3.05) is 19.8 Å². The summed E-state index contributed by atoms with van der Waals surface area (Å²) in [6.07, 6.45) is -4.48. The molecule has 12 heteroatoms. The van der Waals surface area contributed by atoms with Crippen LogP contribution in [0.1, 0.15) is 25.0 Å². The standard InChI is InChI=1S/C26H34N4O8/c1-3-37-19-9-5-17(6-10-19)13-23(33)29-27-15-21(25(35)26(36)22(32)16-31)28-30-24(34)14-18-7-11-20(12-8-18)38-4-2/h5-12,15,22,25-26,31-32,35-36H,3-4,13-14,16H2,1-2H3,(H,29,33)(H,30,34)/b27-15+,28-21-/t22-,25-,26-/m1/s1. The SMILES string of the molecule is CCOc1ccc(CC(=O)N/N=C(/C=N/NC(=O)Cc2ccc(OCC)cc2)[C@@H](O)[C@H](O)[C@H](O)CO)cc1. The molecule has 2 aromatic carbocycles. The van der Waals surface area contributed by atoms with Gasteiger partial charge in [0.2, 0.25) is 11.8 Å². The highest BCUT2D eigenvalue weighted by molar-refractivity contribution is 6.32. The maximum atomic E-state index is 12.4. The zero-order valence-corrected chi connectivity index (χ0v) is 21.3. The fourth-order valence-electron chi connectivity index (χ4n) is 3.15. The minimum absolute atomic E-state index is 0.00342. The number of hydrazone groups is 2. The van der Waals surface area contributed by atoms with Gasteiger partial charge < -0.3 is 29.9 Å². The van der Waals surface area contributed by atoms with Crippen LogP contribution in [0.2, 0.25) is 0 Å². The highest BCUT2D eigenvalue weighted by atomic mass is 16.5. The number of aliphatic hydroxyl groups is 4. The monoisotopic (exact) mass is 530 g/mol. The molecule has 0 aromatic heterocycles. The Bertz CT molecular complexity index is 1070. The van der Waals surface area contributed by atoms with Gasteiger partial charge in [0.1, 0.15) is 35.5 Å². The normalized spacial score (nSPS) is 14.0. The Hall–Kier alpha value is -3.84. The topological polar surface area (TPSA) is 182 Å². The fourth-order valence-corrected chi connectivity index (χ4v) is 3.15. The number of nitrogens with one attached hydrogen (secondary N) is 2. The van der Waals surface area contributed by atoms with E-state index < -0.39 is 36.7 Å². The molecule has 6 N–H and O–H groups in total. The first-order valence-corrected chi connectivity index (χ1v) is 12.0. The van der Waals surface area contributed by atoms with Gasteiger partial charge in [-0.05, 0) is 49.2 Å². The van der Waals surface area contributed by atoms with Gasteiger partial charge in [-0.15, -0.1) is 0 Å². The lowest BCUT2D eigenvalue weighted by atomic mass is 10.0. The summed E-state index contributed by atoms with van der Waals surface area (Å²) in [6, 6.07) is 13.8. The van der Waals surface area contributed by atoms with Crippen molar-refractivity contribution in [2.24, 2.45) is 10.2 Å². The van der Waals surface area contributed by atoms with E-state index in [9.17, 15) is 24.9 Å². The van der Waals surface area contributed by atoms with Crippen molar-refractivity contribution < 1.29 is 39.5 Å². The number of aliphatic hydroxyl groups excluding tert-OH is 4. The van der Waals surface area contributed by atoms with Crippen LogP contribution in [0.25, 0.3) is 0 Å². The quantitative estimate of drug-likeness (QED) is 0.136. The van der Waals surface area contributed by atoms with Gasteiger partial charge in [-0.25, -0.2) is 10.9 Å². The van der Waals surface area contributed by atoms with Crippen LogP contribution in [0.4, 0.5) is 0 Å². The van der Waals surface area contributed by atoms with Gasteiger partial charge in [0.05, 0.1) is 38.9 Å². The summed E-state index contributed by atoms with van der Waals surface area (Å²) < 4.78 is 10.7. The molecule has 3 atom stereocenters. The molecule has 0 saturated carbocycles. The van der Waals surface area contributed by atoms with Crippen molar-refractivity contribution in [2.45, 2.75) is 45.0 Å². The van der Waals surface area contributed by atoms with E-state index in [-0.39, 0.29) is 18.6 Å². The van der Waals surface area contributed by atoms with Crippen LogP contribution < -0.4 is 20.3 Å². The Kier molecular flexibility index (Phi) is 12.9. The summed E-state index contributed by atoms with van der Waals surface area (Å²) in [7, 11) is 0. The molecular formula is C26H34N4O8. The number of amides is 2. The van der Waals surface area contributed by atoms with Gasteiger partial charge in [0.25, 0.3) is 0 Å². The second-order valence-corrected chi connectivity index (χ2v) is 8.06. The van der Waals surface area contributed by atoms with E-state index >= 15 is 0 Å².